The Bertz CT molecular complexity index is 1070. The lowest BCUT2D eigenvalue weighted by Gasteiger charge is -2.17. The van der Waals surface area contributed by atoms with Crippen LogP contribution in [0.3, 0.4) is 0 Å². The van der Waals surface area contributed by atoms with E-state index < -0.39 is 0 Å². The van der Waals surface area contributed by atoms with E-state index in [0.29, 0.717) is 24.1 Å². The van der Waals surface area contributed by atoms with Crippen LogP contribution < -0.4 is 10.6 Å². The number of benzene rings is 2. The van der Waals surface area contributed by atoms with E-state index in [2.05, 4.69) is 21.8 Å². The molecule has 0 bridgehead atoms. The minimum Gasteiger partial charge on any atom is -0.326 e. The highest BCUT2D eigenvalue weighted by Crippen LogP contribution is 2.25. The number of amides is 2. The normalized spacial score (nSPS) is 13.0. The van der Waals surface area contributed by atoms with Crippen LogP contribution in [0.25, 0.3) is 5.69 Å². The number of aryl methyl sites for hydroxylation is 2. The molecule has 2 aromatic carbocycles. The van der Waals surface area contributed by atoms with Crippen molar-refractivity contribution < 1.29 is 9.59 Å². The van der Waals surface area contributed by atoms with Gasteiger partial charge in [0.2, 0.25) is 5.91 Å². The van der Waals surface area contributed by atoms with Gasteiger partial charge in [0.1, 0.15) is 0 Å². The number of hydrogen-bond donors (Lipinski definition) is 2. The fourth-order valence-corrected chi connectivity index (χ4v) is 3.52. The van der Waals surface area contributed by atoms with Crippen molar-refractivity contribution in [3.05, 3.63) is 71.0 Å². The van der Waals surface area contributed by atoms with Gasteiger partial charge in [0, 0.05) is 17.7 Å². The van der Waals surface area contributed by atoms with Gasteiger partial charge in [-0.25, -0.2) is 4.68 Å². The summed E-state index contributed by atoms with van der Waals surface area (Å²) in [5.74, 6) is -0.168. The Balaban J connectivity index is 1.59. The molecule has 2 amide bonds. The number of fused-ring (bicyclic) bond motifs is 1. The maximum atomic E-state index is 12.8. The molecule has 0 spiro atoms. The van der Waals surface area contributed by atoms with Crippen LogP contribution in [0.2, 0.25) is 0 Å². The second kappa shape index (κ2) is 7.31. The summed E-state index contributed by atoms with van der Waals surface area (Å²) < 4.78 is 1.87. The summed E-state index contributed by atoms with van der Waals surface area (Å²) in [6.45, 7) is 4.08. The third-order valence-electron chi connectivity index (χ3n) is 4.96. The van der Waals surface area contributed by atoms with Crippen LogP contribution in [-0.2, 0) is 17.6 Å². The molecule has 142 valence electrons. The summed E-state index contributed by atoms with van der Waals surface area (Å²) in [5, 5.41) is 10.3. The maximum Gasteiger partial charge on any atom is 0.255 e. The van der Waals surface area contributed by atoms with Gasteiger partial charge in [0.05, 0.1) is 23.3 Å². The fourth-order valence-electron chi connectivity index (χ4n) is 3.52. The molecule has 1 aromatic heterocycles. The Morgan fingerprint density at radius 1 is 1.21 bits per heavy atom. The van der Waals surface area contributed by atoms with Crippen LogP contribution in [0, 0.1) is 6.92 Å². The molecule has 6 nitrogen and oxygen atoms in total. The van der Waals surface area contributed by atoms with Crippen molar-refractivity contribution in [1.82, 2.24) is 9.78 Å². The molecule has 0 unspecified atom stereocenters. The van der Waals surface area contributed by atoms with E-state index in [9.17, 15) is 9.59 Å². The number of nitrogens with zero attached hydrogens (tertiary/aromatic N) is 2. The molecule has 28 heavy (non-hydrogen) atoms. The Hall–Kier alpha value is -3.41. The minimum absolute atomic E-state index is 0.0147. The number of anilines is 2. The van der Waals surface area contributed by atoms with Crippen molar-refractivity contribution in [3.8, 4) is 5.69 Å². The summed E-state index contributed by atoms with van der Waals surface area (Å²) in [4.78, 5) is 24.3. The molecule has 1 aliphatic rings. The highest BCUT2D eigenvalue weighted by Gasteiger charge is 2.18. The van der Waals surface area contributed by atoms with E-state index in [-0.39, 0.29) is 11.8 Å². The van der Waals surface area contributed by atoms with Crippen LogP contribution in [-0.4, -0.2) is 21.6 Å². The third kappa shape index (κ3) is 3.41. The molecule has 0 saturated heterocycles. The number of carbonyl (C=O) groups excluding carboxylic acids is 2. The fraction of sp³-hybridized carbons (Fsp3) is 0.227. The molecule has 1 aliphatic heterocycles. The quantitative estimate of drug-likeness (QED) is 0.728. The predicted molar refractivity (Wildman–Crippen MR) is 109 cm³/mol. The largest absolute Gasteiger partial charge is 0.326 e. The summed E-state index contributed by atoms with van der Waals surface area (Å²) in [6.07, 6.45) is 3.52. The molecule has 4 rings (SSSR count). The van der Waals surface area contributed by atoms with E-state index >= 15 is 0 Å². The van der Waals surface area contributed by atoms with Crippen molar-refractivity contribution in [2.24, 2.45) is 0 Å². The number of nitrogens with one attached hydrogen (secondary N) is 2. The second-order valence-electron chi connectivity index (χ2n) is 6.98. The molecular weight excluding hydrogens is 352 g/mol. The summed E-state index contributed by atoms with van der Waals surface area (Å²) in [5.41, 5.74) is 6.13. The van der Waals surface area contributed by atoms with Gasteiger partial charge >= 0.3 is 0 Å². The molecular formula is C22H22N4O2. The van der Waals surface area contributed by atoms with Gasteiger partial charge in [-0.15, -0.1) is 0 Å². The van der Waals surface area contributed by atoms with E-state index in [1.54, 1.807) is 18.3 Å². The van der Waals surface area contributed by atoms with Crippen molar-refractivity contribution in [3.63, 3.8) is 0 Å². The van der Waals surface area contributed by atoms with Crippen molar-refractivity contribution in [1.29, 1.82) is 0 Å². The standard InChI is InChI=1S/C22H22N4O2/c1-3-20-19(13-23-26(20)17-6-4-5-14(2)11-17)25-22(28)16-7-9-18-15(12-16)8-10-21(27)24-18/h4-7,9,11-13H,3,8,10H2,1-2H3,(H,24,27)(H,25,28). The SMILES string of the molecule is CCc1c(NC(=O)c2ccc3c(c2)CCC(=O)N3)cnn1-c1cccc(C)c1. The van der Waals surface area contributed by atoms with Crippen LogP contribution in [0.1, 0.15) is 40.5 Å². The first kappa shape index (κ1) is 18.0. The zero-order chi connectivity index (χ0) is 19.7. The lowest BCUT2D eigenvalue weighted by molar-refractivity contribution is -0.116. The predicted octanol–water partition coefficient (Wildman–Crippen LogP) is 3.88. The lowest BCUT2D eigenvalue weighted by Crippen LogP contribution is -2.20. The van der Waals surface area contributed by atoms with Crippen molar-refractivity contribution in [2.75, 3.05) is 10.6 Å². The minimum atomic E-state index is -0.182. The number of rotatable bonds is 4. The second-order valence-corrected chi connectivity index (χ2v) is 6.98. The molecule has 0 radical (unpaired) electrons. The first-order chi connectivity index (χ1) is 13.5. The van der Waals surface area contributed by atoms with Crippen molar-refractivity contribution in [2.45, 2.75) is 33.1 Å². The molecule has 0 aliphatic carbocycles. The number of hydrogen-bond acceptors (Lipinski definition) is 3. The molecule has 2 N–H and O–H groups in total. The maximum absolute atomic E-state index is 12.8. The summed E-state index contributed by atoms with van der Waals surface area (Å²) in [6, 6.07) is 13.5. The Morgan fingerprint density at radius 3 is 2.86 bits per heavy atom. The Kier molecular flexibility index (Phi) is 4.69. The smallest absolute Gasteiger partial charge is 0.255 e. The molecule has 2 heterocycles. The zero-order valence-corrected chi connectivity index (χ0v) is 16.0. The van der Waals surface area contributed by atoms with Crippen LogP contribution in [0.5, 0.6) is 0 Å². The molecule has 0 atom stereocenters. The highest BCUT2D eigenvalue weighted by molar-refractivity contribution is 6.05. The van der Waals surface area contributed by atoms with Crippen LogP contribution in [0.15, 0.2) is 48.7 Å². The van der Waals surface area contributed by atoms with Crippen molar-refractivity contribution >= 4 is 23.2 Å². The number of aromatic nitrogens is 2. The van der Waals surface area contributed by atoms with Crippen LogP contribution in [0.4, 0.5) is 11.4 Å². The van der Waals surface area contributed by atoms with E-state index in [1.165, 1.54) is 0 Å². The van der Waals surface area contributed by atoms with Gasteiger partial charge < -0.3 is 10.6 Å². The van der Waals surface area contributed by atoms with Gasteiger partial charge in [-0.1, -0.05) is 19.1 Å². The van der Waals surface area contributed by atoms with Gasteiger partial charge in [-0.2, -0.15) is 5.10 Å². The van der Waals surface area contributed by atoms with Crippen LogP contribution >= 0.6 is 0 Å². The Morgan fingerprint density at radius 2 is 2.07 bits per heavy atom. The summed E-state index contributed by atoms with van der Waals surface area (Å²) >= 11 is 0. The molecule has 0 saturated carbocycles. The lowest BCUT2D eigenvalue weighted by atomic mass is 10.00. The van der Waals surface area contributed by atoms with Gasteiger partial charge in [-0.05, 0) is 61.2 Å². The highest BCUT2D eigenvalue weighted by atomic mass is 16.2. The third-order valence-corrected chi connectivity index (χ3v) is 4.96. The molecule has 0 fully saturated rings. The van der Waals surface area contributed by atoms with Gasteiger partial charge in [0.25, 0.3) is 5.91 Å². The number of carbonyl (C=O) groups is 2. The van der Waals surface area contributed by atoms with Gasteiger partial charge in [-0.3, -0.25) is 9.59 Å². The average Bonchev–Trinajstić information content (AvgIpc) is 3.10. The van der Waals surface area contributed by atoms with E-state index in [1.807, 2.05) is 42.8 Å². The first-order valence-electron chi connectivity index (χ1n) is 9.43. The Labute approximate surface area is 163 Å². The monoisotopic (exact) mass is 374 g/mol. The zero-order valence-electron chi connectivity index (χ0n) is 16.0. The summed E-state index contributed by atoms with van der Waals surface area (Å²) in [7, 11) is 0. The molecule has 3 aromatic rings. The molecule has 6 heteroatoms. The van der Waals surface area contributed by atoms with E-state index in [0.717, 1.165) is 34.6 Å². The van der Waals surface area contributed by atoms with Gasteiger partial charge in [0.15, 0.2) is 0 Å². The first-order valence-corrected chi connectivity index (χ1v) is 9.43. The van der Waals surface area contributed by atoms with E-state index in [4.69, 9.17) is 0 Å². The topological polar surface area (TPSA) is 76.0 Å². The average molecular weight is 374 g/mol.